The van der Waals surface area contributed by atoms with E-state index in [9.17, 15) is 9.59 Å². The van der Waals surface area contributed by atoms with Gasteiger partial charge in [0.05, 0.1) is 29.1 Å². The highest BCUT2D eigenvalue weighted by Crippen LogP contribution is 2.49. The van der Waals surface area contributed by atoms with Crippen LogP contribution in [0.2, 0.25) is 5.02 Å². The van der Waals surface area contributed by atoms with Crippen molar-refractivity contribution in [2.75, 3.05) is 6.61 Å². The van der Waals surface area contributed by atoms with E-state index in [2.05, 4.69) is 33.2 Å². The molecule has 0 N–H and O–H groups in total. The van der Waals surface area contributed by atoms with Crippen LogP contribution >= 0.6 is 27.5 Å². The average molecular weight is 544 g/mol. The van der Waals surface area contributed by atoms with E-state index in [0.29, 0.717) is 39.8 Å². The van der Waals surface area contributed by atoms with E-state index < -0.39 is 0 Å². The highest BCUT2D eigenvalue weighted by atomic mass is 79.9. The number of allylic oxidation sites excluding steroid dienone is 2. The summed E-state index contributed by atoms with van der Waals surface area (Å²) in [7, 11) is 0. The molecule has 2 amide bonds. The Morgan fingerprint density at radius 2 is 1.71 bits per heavy atom. The van der Waals surface area contributed by atoms with Crippen LogP contribution in [0.4, 0.5) is 0 Å². The van der Waals surface area contributed by atoms with E-state index in [-0.39, 0.29) is 35.5 Å². The number of nitrogens with zero attached hydrogens (tertiary/aromatic N) is 2. The van der Waals surface area contributed by atoms with Crippen LogP contribution < -0.4 is 9.47 Å². The largest absolute Gasteiger partial charge is 0.490 e. The summed E-state index contributed by atoms with van der Waals surface area (Å²) in [5, 5.41) is 6.03. The van der Waals surface area contributed by atoms with E-state index in [1.165, 1.54) is 6.21 Å². The smallest absolute Gasteiger partial charge is 0.254 e. The number of hydrogen-bond acceptors (Lipinski definition) is 5. The number of amides is 2. The second-order valence-corrected chi connectivity index (χ2v) is 10.0. The fraction of sp³-hybridized carbons (Fsp3) is 0.346. The molecule has 3 aliphatic carbocycles. The molecule has 2 fully saturated rings. The van der Waals surface area contributed by atoms with Gasteiger partial charge < -0.3 is 9.47 Å². The molecule has 2 aromatic carbocycles. The van der Waals surface area contributed by atoms with E-state index in [4.69, 9.17) is 21.1 Å². The van der Waals surface area contributed by atoms with Gasteiger partial charge in [-0.05, 0) is 82.9 Å². The molecule has 1 aliphatic heterocycles. The third kappa shape index (κ3) is 4.27. The Kier molecular flexibility index (Phi) is 6.49. The van der Waals surface area contributed by atoms with E-state index in [0.717, 1.165) is 23.4 Å². The number of fused-ring (bicyclic) bond motifs is 1. The lowest BCUT2D eigenvalue weighted by Crippen LogP contribution is -2.38. The minimum atomic E-state index is -0.275. The monoisotopic (exact) mass is 542 g/mol. The maximum absolute atomic E-state index is 13.0. The number of rotatable bonds is 7. The highest BCUT2D eigenvalue weighted by molar-refractivity contribution is 9.10. The lowest BCUT2D eigenvalue weighted by Gasteiger charge is -2.37. The zero-order valence-electron chi connectivity index (χ0n) is 18.6. The molecule has 176 valence electrons. The van der Waals surface area contributed by atoms with Crippen molar-refractivity contribution in [2.24, 2.45) is 28.8 Å². The number of halogens is 2. The van der Waals surface area contributed by atoms with Gasteiger partial charge in [0.25, 0.3) is 11.8 Å². The van der Waals surface area contributed by atoms with Crippen LogP contribution in [0.15, 0.2) is 58.1 Å². The summed E-state index contributed by atoms with van der Waals surface area (Å²) in [6.07, 6.45) is 7.64. The summed E-state index contributed by atoms with van der Waals surface area (Å²) >= 11 is 9.52. The van der Waals surface area contributed by atoms with Gasteiger partial charge in [-0.15, -0.1) is 0 Å². The first-order chi connectivity index (χ1) is 16.5. The minimum Gasteiger partial charge on any atom is -0.490 e. The Morgan fingerprint density at radius 3 is 2.29 bits per heavy atom. The molecule has 0 aromatic heterocycles. The number of ether oxygens (including phenoxy) is 2. The standard InChI is InChI=1S/C26H24BrClN2O4/c1-2-33-21-12-16(11-20(27)24(21)34-14-15-3-9-19(28)10-4-15)13-29-30-25(31)22-17-5-6-18(8-7-17)23(22)26(30)32/h3-6,9-13,17-18,22-23H,2,7-8,14H2,1H3/b29-13-/t17-,18-,22-,23-/m1/s1. The van der Waals surface area contributed by atoms with Crippen molar-refractivity contribution >= 4 is 45.6 Å². The topological polar surface area (TPSA) is 68.2 Å². The van der Waals surface area contributed by atoms with Crippen LogP contribution in [0.25, 0.3) is 0 Å². The van der Waals surface area contributed by atoms with Crippen molar-refractivity contribution in [3.8, 4) is 11.5 Å². The zero-order valence-corrected chi connectivity index (χ0v) is 21.0. The molecule has 8 heteroatoms. The second-order valence-electron chi connectivity index (χ2n) is 8.75. The van der Waals surface area contributed by atoms with Crippen molar-refractivity contribution < 1.29 is 19.1 Å². The summed E-state index contributed by atoms with van der Waals surface area (Å²) < 4.78 is 12.5. The van der Waals surface area contributed by atoms with Crippen LogP contribution in [-0.4, -0.2) is 29.6 Å². The van der Waals surface area contributed by atoms with Gasteiger partial charge in [0.1, 0.15) is 6.61 Å². The van der Waals surface area contributed by atoms with Gasteiger partial charge in [-0.3, -0.25) is 9.59 Å². The number of carbonyl (C=O) groups is 2. The summed E-state index contributed by atoms with van der Waals surface area (Å²) in [6, 6.07) is 11.1. The Labute approximate surface area is 211 Å². The van der Waals surface area contributed by atoms with Gasteiger partial charge >= 0.3 is 0 Å². The number of carbonyl (C=O) groups excluding carboxylic acids is 2. The number of hydrazone groups is 1. The first kappa shape index (κ1) is 23.1. The molecular weight excluding hydrogens is 520 g/mol. The third-order valence-electron chi connectivity index (χ3n) is 6.69. The molecule has 1 heterocycles. The molecule has 6 nitrogen and oxygen atoms in total. The van der Waals surface area contributed by atoms with Crippen molar-refractivity contribution in [3.63, 3.8) is 0 Å². The molecule has 6 rings (SSSR count). The quantitative estimate of drug-likeness (QED) is 0.259. The van der Waals surface area contributed by atoms with Gasteiger partial charge in [0.15, 0.2) is 11.5 Å². The molecule has 1 saturated heterocycles. The lowest BCUT2D eigenvalue weighted by molar-refractivity contribution is -0.140. The zero-order chi connectivity index (χ0) is 23.8. The first-order valence-corrected chi connectivity index (χ1v) is 12.6. The van der Waals surface area contributed by atoms with Gasteiger partial charge in [-0.25, -0.2) is 0 Å². The third-order valence-corrected chi connectivity index (χ3v) is 7.53. The van der Waals surface area contributed by atoms with Gasteiger partial charge in [-0.1, -0.05) is 35.9 Å². The van der Waals surface area contributed by atoms with E-state index in [1.807, 2.05) is 37.3 Å². The average Bonchev–Trinajstić information content (AvgIpc) is 3.11. The highest BCUT2D eigenvalue weighted by Gasteiger charge is 2.56. The van der Waals surface area contributed by atoms with Gasteiger partial charge in [0, 0.05) is 5.02 Å². The van der Waals surface area contributed by atoms with E-state index >= 15 is 0 Å². The Balaban J connectivity index is 1.35. The molecule has 2 aromatic rings. The fourth-order valence-electron chi connectivity index (χ4n) is 5.10. The summed E-state index contributed by atoms with van der Waals surface area (Å²) in [5.74, 6) is 0.447. The molecular formula is C26H24BrClN2O4. The maximum Gasteiger partial charge on any atom is 0.254 e. The Morgan fingerprint density at radius 1 is 1.06 bits per heavy atom. The van der Waals surface area contributed by atoms with Crippen LogP contribution in [0, 0.1) is 23.7 Å². The second kappa shape index (κ2) is 9.55. The predicted octanol–water partition coefficient (Wildman–Crippen LogP) is 5.61. The summed E-state index contributed by atoms with van der Waals surface area (Å²) in [4.78, 5) is 26.0. The van der Waals surface area contributed by atoms with Crippen molar-refractivity contribution in [3.05, 3.63) is 69.2 Å². The van der Waals surface area contributed by atoms with Crippen LogP contribution in [-0.2, 0) is 16.2 Å². The minimum absolute atomic E-state index is 0.141. The molecule has 0 radical (unpaired) electrons. The summed E-state index contributed by atoms with van der Waals surface area (Å²) in [6.45, 7) is 2.69. The maximum atomic E-state index is 13.0. The predicted molar refractivity (Wildman–Crippen MR) is 133 cm³/mol. The number of hydrogen-bond donors (Lipinski definition) is 0. The Hall–Kier alpha value is -2.64. The number of benzene rings is 2. The first-order valence-electron chi connectivity index (χ1n) is 11.4. The molecule has 0 spiro atoms. The van der Waals surface area contributed by atoms with E-state index in [1.54, 1.807) is 6.07 Å². The van der Waals surface area contributed by atoms with Crippen LogP contribution in [0.5, 0.6) is 11.5 Å². The van der Waals surface area contributed by atoms with Crippen molar-refractivity contribution in [2.45, 2.75) is 26.4 Å². The molecule has 2 bridgehead atoms. The molecule has 0 unspecified atom stereocenters. The fourth-order valence-corrected chi connectivity index (χ4v) is 5.80. The normalized spacial score (nSPS) is 25.3. The van der Waals surface area contributed by atoms with Crippen LogP contribution in [0.1, 0.15) is 30.9 Å². The van der Waals surface area contributed by atoms with Crippen molar-refractivity contribution in [1.29, 1.82) is 0 Å². The number of imide groups is 1. The lowest BCUT2D eigenvalue weighted by atomic mass is 9.63. The van der Waals surface area contributed by atoms with Crippen LogP contribution in [0.3, 0.4) is 0 Å². The van der Waals surface area contributed by atoms with Gasteiger partial charge in [0.2, 0.25) is 0 Å². The molecule has 34 heavy (non-hydrogen) atoms. The molecule has 4 atom stereocenters. The Bertz CT molecular complexity index is 1150. The SMILES string of the molecule is CCOc1cc(/C=N\N2C(=O)[C@H]3[C@H](C2=O)[C@@H]2C=C[C@@H]3CC2)cc(Br)c1OCc1ccc(Cl)cc1. The van der Waals surface area contributed by atoms with Gasteiger partial charge in [-0.2, -0.15) is 10.1 Å². The summed E-state index contributed by atoms with van der Waals surface area (Å²) in [5.41, 5.74) is 1.66. The molecule has 4 aliphatic rings. The molecule has 1 saturated carbocycles. The van der Waals surface area contributed by atoms with Crippen molar-refractivity contribution in [1.82, 2.24) is 5.01 Å².